The van der Waals surface area contributed by atoms with Gasteiger partial charge in [0, 0.05) is 18.5 Å². The number of aromatic hydroxyl groups is 1. The predicted octanol–water partition coefficient (Wildman–Crippen LogP) is 4.99. The van der Waals surface area contributed by atoms with E-state index in [9.17, 15) is 9.50 Å². The standard InChI is InChI=1S/C25H30ClFN4O/c1-2-31(13-5-12-28)17-19-7-3-8-20(14-19)25-22(27)16-29-24(30-25)9-4-6-18-10-11-23(32)21(26)15-18/h3,7-8,10-11,14-16,32H,2,4-6,9,12-13,17,28H2,1H3. The number of phenols is 1. The molecule has 0 bridgehead atoms. The van der Waals surface area contributed by atoms with Crippen molar-refractivity contribution < 1.29 is 9.50 Å². The van der Waals surface area contributed by atoms with Gasteiger partial charge in [0.2, 0.25) is 0 Å². The Morgan fingerprint density at radius 1 is 1.09 bits per heavy atom. The van der Waals surface area contributed by atoms with E-state index < -0.39 is 5.82 Å². The maximum Gasteiger partial charge on any atom is 0.167 e. The highest BCUT2D eigenvalue weighted by atomic mass is 35.5. The molecule has 2 aromatic carbocycles. The fourth-order valence-electron chi connectivity index (χ4n) is 3.62. The number of benzene rings is 2. The first-order valence-corrected chi connectivity index (χ1v) is 11.4. The van der Waals surface area contributed by atoms with Crippen LogP contribution in [-0.2, 0) is 19.4 Å². The molecule has 3 rings (SSSR count). The number of nitrogens with two attached hydrogens (primary N) is 1. The van der Waals surface area contributed by atoms with Crippen molar-refractivity contribution in [3.8, 4) is 17.0 Å². The molecule has 0 aliphatic heterocycles. The van der Waals surface area contributed by atoms with Crippen molar-refractivity contribution in [2.45, 2.75) is 39.2 Å². The van der Waals surface area contributed by atoms with Crippen molar-refractivity contribution in [1.82, 2.24) is 14.9 Å². The number of hydrogen-bond acceptors (Lipinski definition) is 5. The second-order valence-corrected chi connectivity index (χ2v) is 8.24. The van der Waals surface area contributed by atoms with Gasteiger partial charge in [-0.25, -0.2) is 14.4 Å². The van der Waals surface area contributed by atoms with E-state index in [1.54, 1.807) is 12.1 Å². The van der Waals surface area contributed by atoms with Crippen LogP contribution >= 0.6 is 11.6 Å². The first-order valence-electron chi connectivity index (χ1n) is 11.0. The maximum atomic E-state index is 14.6. The number of hydrogen-bond donors (Lipinski definition) is 2. The Morgan fingerprint density at radius 2 is 1.94 bits per heavy atom. The smallest absolute Gasteiger partial charge is 0.167 e. The zero-order valence-corrected chi connectivity index (χ0v) is 19.2. The van der Waals surface area contributed by atoms with E-state index >= 15 is 0 Å². The first kappa shape index (κ1) is 24.1. The number of aryl methyl sites for hydroxylation is 2. The van der Waals surface area contributed by atoms with E-state index in [0.29, 0.717) is 29.5 Å². The normalized spacial score (nSPS) is 11.3. The van der Waals surface area contributed by atoms with Crippen molar-refractivity contribution >= 4 is 11.6 Å². The van der Waals surface area contributed by atoms with Gasteiger partial charge in [-0.1, -0.05) is 42.8 Å². The summed E-state index contributed by atoms with van der Waals surface area (Å²) in [7, 11) is 0. The Hall–Kier alpha value is -2.54. The summed E-state index contributed by atoms with van der Waals surface area (Å²) in [4.78, 5) is 11.0. The minimum Gasteiger partial charge on any atom is -0.506 e. The Balaban J connectivity index is 1.69. The zero-order chi connectivity index (χ0) is 22.9. The molecular formula is C25H30ClFN4O. The topological polar surface area (TPSA) is 75.3 Å². The summed E-state index contributed by atoms with van der Waals surface area (Å²) < 4.78 is 14.6. The van der Waals surface area contributed by atoms with E-state index in [4.69, 9.17) is 17.3 Å². The monoisotopic (exact) mass is 456 g/mol. The number of aromatic nitrogens is 2. The molecule has 0 amide bonds. The van der Waals surface area contributed by atoms with Crippen LogP contribution in [0.15, 0.2) is 48.7 Å². The van der Waals surface area contributed by atoms with E-state index in [1.165, 1.54) is 6.20 Å². The van der Waals surface area contributed by atoms with Gasteiger partial charge < -0.3 is 10.8 Å². The number of halogens is 2. The van der Waals surface area contributed by atoms with Gasteiger partial charge in [0.25, 0.3) is 0 Å². The molecule has 7 heteroatoms. The fraction of sp³-hybridized carbons (Fsp3) is 0.360. The minimum atomic E-state index is -0.424. The highest BCUT2D eigenvalue weighted by molar-refractivity contribution is 6.32. The van der Waals surface area contributed by atoms with Crippen LogP contribution in [-0.4, -0.2) is 39.6 Å². The third-order valence-corrected chi connectivity index (χ3v) is 5.71. The number of nitrogens with zero attached hydrogens (tertiary/aromatic N) is 3. The van der Waals surface area contributed by atoms with Crippen LogP contribution in [0.1, 0.15) is 36.7 Å². The van der Waals surface area contributed by atoms with Crippen molar-refractivity contribution in [2.24, 2.45) is 5.73 Å². The molecule has 0 atom stereocenters. The molecule has 3 aromatic rings. The summed E-state index contributed by atoms with van der Waals surface area (Å²) in [5, 5.41) is 9.88. The van der Waals surface area contributed by atoms with Crippen LogP contribution in [0.4, 0.5) is 4.39 Å². The lowest BCUT2D eigenvalue weighted by Crippen LogP contribution is -2.25. The van der Waals surface area contributed by atoms with Gasteiger partial charge in [-0.2, -0.15) is 0 Å². The molecule has 0 aliphatic carbocycles. The summed E-state index contributed by atoms with van der Waals surface area (Å²) in [6.45, 7) is 5.46. The average molecular weight is 457 g/mol. The SMILES string of the molecule is CCN(CCCN)Cc1cccc(-c2nc(CCCc3ccc(O)c(Cl)c3)ncc2F)c1. The van der Waals surface area contributed by atoms with E-state index in [2.05, 4.69) is 27.9 Å². The predicted molar refractivity (Wildman–Crippen MR) is 127 cm³/mol. The van der Waals surface area contributed by atoms with Gasteiger partial charge in [0.1, 0.15) is 17.3 Å². The molecule has 170 valence electrons. The molecule has 0 unspecified atom stereocenters. The van der Waals surface area contributed by atoms with Crippen LogP contribution in [0, 0.1) is 5.82 Å². The number of phenolic OH excluding ortho intramolecular Hbond substituents is 1. The molecule has 0 spiro atoms. The van der Waals surface area contributed by atoms with Crippen LogP contribution in [0.25, 0.3) is 11.3 Å². The molecular weight excluding hydrogens is 427 g/mol. The Kier molecular flexibility index (Phi) is 8.97. The Labute approximate surface area is 194 Å². The van der Waals surface area contributed by atoms with Crippen LogP contribution in [0.3, 0.4) is 0 Å². The molecule has 1 aromatic heterocycles. The molecule has 1 heterocycles. The molecule has 0 radical (unpaired) electrons. The summed E-state index contributed by atoms with van der Waals surface area (Å²) in [5.41, 5.74) is 8.86. The van der Waals surface area contributed by atoms with Crippen LogP contribution in [0.5, 0.6) is 5.75 Å². The van der Waals surface area contributed by atoms with E-state index in [1.807, 2.05) is 24.3 Å². The quantitative estimate of drug-likeness (QED) is 0.425. The van der Waals surface area contributed by atoms with Crippen molar-refractivity contribution in [2.75, 3.05) is 19.6 Å². The second kappa shape index (κ2) is 11.9. The second-order valence-electron chi connectivity index (χ2n) is 7.83. The third kappa shape index (κ3) is 6.73. The van der Waals surface area contributed by atoms with Crippen LogP contribution < -0.4 is 5.73 Å². The Bertz CT molecular complexity index is 1030. The fourth-order valence-corrected chi connectivity index (χ4v) is 3.83. The van der Waals surface area contributed by atoms with Gasteiger partial charge >= 0.3 is 0 Å². The van der Waals surface area contributed by atoms with Gasteiger partial charge in [-0.3, -0.25) is 4.90 Å². The minimum absolute atomic E-state index is 0.0746. The van der Waals surface area contributed by atoms with Gasteiger partial charge in [0.15, 0.2) is 5.82 Å². The summed E-state index contributed by atoms with van der Waals surface area (Å²) in [6.07, 6.45) is 4.38. The van der Waals surface area contributed by atoms with E-state index in [0.717, 1.165) is 55.6 Å². The third-order valence-electron chi connectivity index (χ3n) is 5.40. The lowest BCUT2D eigenvalue weighted by Gasteiger charge is -2.20. The van der Waals surface area contributed by atoms with Crippen molar-refractivity contribution in [3.05, 3.63) is 76.5 Å². The zero-order valence-electron chi connectivity index (χ0n) is 18.4. The van der Waals surface area contributed by atoms with E-state index in [-0.39, 0.29) is 5.75 Å². The van der Waals surface area contributed by atoms with Gasteiger partial charge in [-0.05, 0) is 68.2 Å². The van der Waals surface area contributed by atoms with Gasteiger partial charge in [0.05, 0.1) is 11.2 Å². The molecule has 0 saturated heterocycles. The molecule has 32 heavy (non-hydrogen) atoms. The van der Waals surface area contributed by atoms with Crippen molar-refractivity contribution in [3.63, 3.8) is 0 Å². The Morgan fingerprint density at radius 3 is 2.69 bits per heavy atom. The van der Waals surface area contributed by atoms with Crippen molar-refractivity contribution in [1.29, 1.82) is 0 Å². The number of rotatable bonds is 11. The average Bonchev–Trinajstić information content (AvgIpc) is 2.80. The largest absolute Gasteiger partial charge is 0.506 e. The molecule has 0 aliphatic rings. The highest BCUT2D eigenvalue weighted by Crippen LogP contribution is 2.25. The lowest BCUT2D eigenvalue weighted by molar-refractivity contribution is 0.278. The maximum absolute atomic E-state index is 14.6. The summed E-state index contributed by atoms with van der Waals surface area (Å²) in [5.74, 6) is 0.257. The lowest BCUT2D eigenvalue weighted by atomic mass is 10.1. The van der Waals surface area contributed by atoms with Gasteiger partial charge in [-0.15, -0.1) is 0 Å². The molecule has 5 nitrogen and oxygen atoms in total. The van der Waals surface area contributed by atoms with Crippen LogP contribution in [0.2, 0.25) is 5.02 Å². The highest BCUT2D eigenvalue weighted by Gasteiger charge is 2.12. The molecule has 3 N–H and O–H groups in total. The summed E-state index contributed by atoms with van der Waals surface area (Å²) >= 11 is 5.97. The molecule has 0 fully saturated rings. The molecule has 0 saturated carbocycles. The summed E-state index contributed by atoms with van der Waals surface area (Å²) in [6, 6.07) is 13.1. The first-order chi connectivity index (χ1) is 15.5.